The number of sulfonamides is 1. The van der Waals surface area contributed by atoms with Gasteiger partial charge < -0.3 is 5.73 Å². The van der Waals surface area contributed by atoms with E-state index < -0.39 is 15.8 Å². The number of anilines is 2. The number of benzene rings is 2. The van der Waals surface area contributed by atoms with Gasteiger partial charge in [-0.3, -0.25) is 4.31 Å². The second-order valence-corrected chi connectivity index (χ2v) is 6.03. The molecular weight excluding hydrogens is 279 g/mol. The van der Waals surface area contributed by atoms with Crippen LogP contribution in [-0.2, 0) is 10.0 Å². The molecule has 0 aromatic heterocycles. The van der Waals surface area contributed by atoms with Crippen molar-refractivity contribution in [1.29, 1.82) is 0 Å². The predicted octanol–water partition coefficient (Wildman–Crippen LogP) is 2.62. The number of nitrogens with zero attached hydrogens (tertiary/aromatic N) is 1. The fraction of sp³-hybridized carbons (Fsp3) is 0.143. The Bertz CT molecular complexity index is 717. The first kappa shape index (κ1) is 14.3. The monoisotopic (exact) mass is 294 g/mol. The van der Waals surface area contributed by atoms with E-state index >= 15 is 0 Å². The van der Waals surface area contributed by atoms with Gasteiger partial charge in [-0.15, -0.1) is 0 Å². The van der Waals surface area contributed by atoms with Crippen molar-refractivity contribution in [2.45, 2.75) is 11.8 Å². The average Bonchev–Trinajstić information content (AvgIpc) is 2.39. The summed E-state index contributed by atoms with van der Waals surface area (Å²) in [6.07, 6.45) is 0. The summed E-state index contributed by atoms with van der Waals surface area (Å²) in [6.45, 7) is 1.86. The van der Waals surface area contributed by atoms with Crippen LogP contribution in [0, 0.1) is 5.82 Å². The van der Waals surface area contributed by atoms with Gasteiger partial charge in [-0.05, 0) is 37.3 Å². The van der Waals surface area contributed by atoms with Gasteiger partial charge in [0.1, 0.15) is 10.7 Å². The molecule has 0 aliphatic heterocycles. The van der Waals surface area contributed by atoms with Gasteiger partial charge in [0.15, 0.2) is 0 Å². The minimum Gasteiger partial charge on any atom is -0.399 e. The highest BCUT2D eigenvalue weighted by molar-refractivity contribution is 7.92. The van der Waals surface area contributed by atoms with Gasteiger partial charge in [0.25, 0.3) is 10.0 Å². The van der Waals surface area contributed by atoms with Gasteiger partial charge in [-0.2, -0.15) is 0 Å². The summed E-state index contributed by atoms with van der Waals surface area (Å²) >= 11 is 0. The number of rotatable bonds is 4. The maximum absolute atomic E-state index is 13.7. The lowest BCUT2D eigenvalue weighted by Crippen LogP contribution is -2.31. The zero-order valence-corrected chi connectivity index (χ0v) is 11.8. The van der Waals surface area contributed by atoms with Gasteiger partial charge >= 0.3 is 0 Å². The Kier molecular flexibility index (Phi) is 3.94. The average molecular weight is 294 g/mol. The highest BCUT2D eigenvalue weighted by atomic mass is 32.2. The predicted molar refractivity (Wildman–Crippen MR) is 77.5 cm³/mol. The van der Waals surface area contributed by atoms with Crippen LogP contribution in [0.1, 0.15) is 6.92 Å². The summed E-state index contributed by atoms with van der Waals surface area (Å²) in [5.74, 6) is -0.769. The van der Waals surface area contributed by atoms with Crippen molar-refractivity contribution in [2.75, 3.05) is 16.6 Å². The van der Waals surface area contributed by atoms with Crippen molar-refractivity contribution in [2.24, 2.45) is 0 Å². The van der Waals surface area contributed by atoms with E-state index in [0.29, 0.717) is 11.4 Å². The van der Waals surface area contributed by atoms with Crippen molar-refractivity contribution in [3.05, 3.63) is 54.3 Å². The van der Waals surface area contributed by atoms with Gasteiger partial charge in [0.2, 0.25) is 0 Å². The molecule has 0 fully saturated rings. The summed E-state index contributed by atoms with van der Waals surface area (Å²) in [6, 6.07) is 11.8. The van der Waals surface area contributed by atoms with Gasteiger partial charge in [0.05, 0.1) is 5.69 Å². The summed E-state index contributed by atoms with van der Waals surface area (Å²) in [5.41, 5.74) is 6.53. The molecule has 0 amide bonds. The van der Waals surface area contributed by atoms with Crippen LogP contribution in [0.15, 0.2) is 53.4 Å². The van der Waals surface area contributed by atoms with E-state index in [0.717, 1.165) is 10.4 Å². The Morgan fingerprint density at radius 3 is 2.45 bits per heavy atom. The molecule has 6 heteroatoms. The second-order valence-electron chi connectivity index (χ2n) is 4.20. The molecule has 0 aliphatic rings. The number of halogens is 1. The molecule has 20 heavy (non-hydrogen) atoms. The first-order valence-corrected chi connectivity index (χ1v) is 7.53. The van der Waals surface area contributed by atoms with Crippen molar-refractivity contribution in [1.82, 2.24) is 0 Å². The number of nitrogen functional groups attached to an aromatic ring is 1. The van der Waals surface area contributed by atoms with Crippen LogP contribution >= 0.6 is 0 Å². The Labute approximate surface area is 117 Å². The lowest BCUT2D eigenvalue weighted by Gasteiger charge is -2.23. The van der Waals surface area contributed by atoms with Gasteiger partial charge in [-0.1, -0.05) is 18.2 Å². The first-order valence-electron chi connectivity index (χ1n) is 6.09. The molecule has 106 valence electrons. The van der Waals surface area contributed by atoms with Crippen LogP contribution in [0.5, 0.6) is 0 Å². The topological polar surface area (TPSA) is 63.4 Å². The molecular formula is C14H15FN2O2S. The van der Waals surface area contributed by atoms with Crippen LogP contribution in [0.3, 0.4) is 0 Å². The quantitative estimate of drug-likeness (QED) is 0.882. The van der Waals surface area contributed by atoms with Crippen molar-refractivity contribution in [3.8, 4) is 0 Å². The van der Waals surface area contributed by atoms with Crippen LogP contribution in [0.2, 0.25) is 0 Å². The van der Waals surface area contributed by atoms with Crippen molar-refractivity contribution >= 4 is 21.4 Å². The van der Waals surface area contributed by atoms with Gasteiger partial charge in [0, 0.05) is 12.2 Å². The molecule has 2 aromatic carbocycles. The molecule has 2 rings (SSSR count). The van der Waals surface area contributed by atoms with Gasteiger partial charge in [-0.25, -0.2) is 12.8 Å². The molecule has 0 atom stereocenters. The Hall–Kier alpha value is -2.08. The highest BCUT2D eigenvalue weighted by Gasteiger charge is 2.26. The van der Waals surface area contributed by atoms with E-state index in [1.54, 1.807) is 31.2 Å². The fourth-order valence-electron chi connectivity index (χ4n) is 1.94. The van der Waals surface area contributed by atoms with E-state index in [9.17, 15) is 12.8 Å². The zero-order chi connectivity index (χ0) is 14.8. The van der Waals surface area contributed by atoms with Crippen LogP contribution in [0.4, 0.5) is 15.8 Å². The standard InChI is InChI=1S/C14H15FN2O2S/c1-2-17(12-7-5-6-11(16)10-12)20(18,19)14-9-4-3-8-13(14)15/h3-10H,2,16H2,1H3. The molecule has 0 heterocycles. The van der Waals surface area contributed by atoms with E-state index in [4.69, 9.17) is 5.73 Å². The van der Waals surface area contributed by atoms with E-state index in [2.05, 4.69) is 0 Å². The number of hydrogen-bond donors (Lipinski definition) is 1. The number of nitrogens with two attached hydrogens (primary N) is 1. The van der Waals surface area contributed by atoms with E-state index in [1.165, 1.54) is 18.2 Å². The van der Waals surface area contributed by atoms with Crippen LogP contribution < -0.4 is 10.0 Å². The first-order chi connectivity index (χ1) is 9.46. The summed E-state index contributed by atoms with van der Waals surface area (Å²) in [5, 5.41) is 0. The smallest absolute Gasteiger partial charge is 0.267 e. The largest absolute Gasteiger partial charge is 0.399 e. The molecule has 0 bridgehead atoms. The third kappa shape index (κ3) is 2.60. The molecule has 0 aliphatic carbocycles. The SMILES string of the molecule is CCN(c1cccc(N)c1)S(=O)(=O)c1ccccc1F. The molecule has 0 radical (unpaired) electrons. The Morgan fingerprint density at radius 2 is 1.85 bits per heavy atom. The summed E-state index contributed by atoms with van der Waals surface area (Å²) in [4.78, 5) is -0.343. The van der Waals surface area contributed by atoms with E-state index in [1.807, 2.05) is 0 Å². The molecule has 4 nitrogen and oxygen atoms in total. The normalized spacial score (nSPS) is 11.3. The maximum Gasteiger partial charge on any atom is 0.267 e. The highest BCUT2D eigenvalue weighted by Crippen LogP contribution is 2.26. The van der Waals surface area contributed by atoms with E-state index in [-0.39, 0.29) is 11.4 Å². The van der Waals surface area contributed by atoms with Crippen molar-refractivity contribution < 1.29 is 12.8 Å². The Balaban J connectivity index is 2.54. The summed E-state index contributed by atoms with van der Waals surface area (Å²) < 4.78 is 40.0. The van der Waals surface area contributed by atoms with Crippen molar-refractivity contribution in [3.63, 3.8) is 0 Å². The third-order valence-corrected chi connectivity index (χ3v) is 4.79. The molecule has 2 N–H and O–H groups in total. The maximum atomic E-state index is 13.7. The molecule has 0 spiro atoms. The Morgan fingerprint density at radius 1 is 1.15 bits per heavy atom. The van der Waals surface area contributed by atoms with Crippen LogP contribution in [0.25, 0.3) is 0 Å². The minimum absolute atomic E-state index is 0.181. The molecule has 0 unspecified atom stereocenters. The molecule has 0 saturated heterocycles. The molecule has 0 saturated carbocycles. The zero-order valence-electron chi connectivity index (χ0n) is 11.0. The third-order valence-electron chi connectivity index (χ3n) is 2.85. The lowest BCUT2D eigenvalue weighted by atomic mass is 10.3. The molecule has 2 aromatic rings. The van der Waals surface area contributed by atoms with Crippen LogP contribution in [-0.4, -0.2) is 15.0 Å². The minimum atomic E-state index is -3.95. The fourth-order valence-corrected chi connectivity index (χ4v) is 3.48. The second kappa shape index (κ2) is 5.50. The summed E-state index contributed by atoms with van der Waals surface area (Å²) in [7, 11) is -3.95. The lowest BCUT2D eigenvalue weighted by molar-refractivity contribution is 0.564. The number of hydrogen-bond acceptors (Lipinski definition) is 3.